The van der Waals surface area contributed by atoms with Crippen LogP contribution in [0.4, 0.5) is 0 Å². The van der Waals surface area contributed by atoms with Crippen molar-refractivity contribution >= 4 is 15.9 Å². The van der Waals surface area contributed by atoms with Crippen molar-refractivity contribution in [1.82, 2.24) is 4.98 Å². The van der Waals surface area contributed by atoms with E-state index in [0.717, 1.165) is 10.0 Å². The van der Waals surface area contributed by atoms with E-state index in [1.165, 1.54) is 0 Å². The summed E-state index contributed by atoms with van der Waals surface area (Å²) in [6.45, 7) is 2.20. The van der Waals surface area contributed by atoms with Crippen molar-refractivity contribution in [3.63, 3.8) is 0 Å². The fourth-order valence-corrected chi connectivity index (χ4v) is 1.69. The average molecular weight is 259 g/mol. The van der Waals surface area contributed by atoms with Gasteiger partial charge in [-0.15, -0.1) is 0 Å². The van der Waals surface area contributed by atoms with Gasteiger partial charge in [0.25, 0.3) is 0 Å². The molecule has 0 aromatic carbocycles. The van der Waals surface area contributed by atoms with Gasteiger partial charge in [0.05, 0.1) is 5.60 Å². The number of hydrogen-bond acceptors (Lipinski definition) is 3. The van der Waals surface area contributed by atoms with Crippen LogP contribution in [0.25, 0.3) is 0 Å². The van der Waals surface area contributed by atoms with Crippen LogP contribution in [0.15, 0.2) is 22.9 Å². The van der Waals surface area contributed by atoms with Crippen LogP contribution in [0, 0.1) is 0 Å². The molecule has 0 bridgehead atoms. The van der Waals surface area contributed by atoms with Crippen molar-refractivity contribution in [2.45, 2.75) is 25.4 Å². The van der Waals surface area contributed by atoms with Crippen molar-refractivity contribution < 1.29 is 5.11 Å². The van der Waals surface area contributed by atoms with Gasteiger partial charge in [0.2, 0.25) is 0 Å². The third-order valence-electron chi connectivity index (χ3n) is 2.33. The highest BCUT2D eigenvalue weighted by atomic mass is 79.9. The van der Waals surface area contributed by atoms with E-state index in [2.05, 4.69) is 20.9 Å². The fourth-order valence-electron chi connectivity index (χ4n) is 1.27. The molecule has 3 nitrogen and oxygen atoms in total. The van der Waals surface area contributed by atoms with E-state index >= 15 is 0 Å². The second-order valence-corrected chi connectivity index (χ2v) is 4.39. The highest BCUT2D eigenvalue weighted by molar-refractivity contribution is 9.10. The van der Waals surface area contributed by atoms with Gasteiger partial charge in [-0.2, -0.15) is 0 Å². The Kier molecular flexibility index (Phi) is 4.04. The summed E-state index contributed by atoms with van der Waals surface area (Å²) in [7, 11) is 0. The standard InChI is InChI=1S/C10H15BrN2O/c1-2-10(14,7-12)4-8-3-9(11)6-13-5-8/h3,5-6,14H,2,4,7,12H2,1H3. The van der Waals surface area contributed by atoms with Gasteiger partial charge in [-0.25, -0.2) is 0 Å². The Balaban J connectivity index is 2.77. The smallest absolute Gasteiger partial charge is 0.0807 e. The molecule has 1 atom stereocenters. The number of pyridine rings is 1. The number of rotatable bonds is 4. The van der Waals surface area contributed by atoms with Crippen LogP contribution in [0.3, 0.4) is 0 Å². The fraction of sp³-hybridized carbons (Fsp3) is 0.500. The number of aliphatic hydroxyl groups is 1. The summed E-state index contributed by atoms with van der Waals surface area (Å²) in [6.07, 6.45) is 4.67. The van der Waals surface area contributed by atoms with Crippen molar-refractivity contribution in [1.29, 1.82) is 0 Å². The quantitative estimate of drug-likeness (QED) is 0.861. The molecular weight excluding hydrogens is 244 g/mol. The van der Waals surface area contributed by atoms with Gasteiger partial charge >= 0.3 is 0 Å². The zero-order valence-electron chi connectivity index (χ0n) is 8.20. The molecule has 0 aliphatic heterocycles. The molecule has 0 radical (unpaired) electrons. The molecule has 1 unspecified atom stereocenters. The second kappa shape index (κ2) is 4.87. The number of nitrogens with zero attached hydrogens (tertiary/aromatic N) is 1. The molecule has 78 valence electrons. The maximum atomic E-state index is 10.0. The minimum atomic E-state index is -0.803. The largest absolute Gasteiger partial charge is 0.388 e. The van der Waals surface area contributed by atoms with E-state index in [4.69, 9.17) is 5.73 Å². The van der Waals surface area contributed by atoms with Gasteiger partial charge in [-0.3, -0.25) is 4.98 Å². The highest BCUT2D eigenvalue weighted by Crippen LogP contribution is 2.18. The van der Waals surface area contributed by atoms with Crippen molar-refractivity contribution in [2.24, 2.45) is 5.73 Å². The van der Waals surface area contributed by atoms with E-state index in [1.807, 2.05) is 13.0 Å². The molecule has 0 fully saturated rings. The highest BCUT2D eigenvalue weighted by Gasteiger charge is 2.23. The number of halogens is 1. The van der Waals surface area contributed by atoms with Crippen molar-refractivity contribution in [3.05, 3.63) is 28.5 Å². The first-order valence-corrected chi connectivity index (χ1v) is 5.41. The Morgan fingerprint density at radius 2 is 2.29 bits per heavy atom. The maximum Gasteiger partial charge on any atom is 0.0807 e. The predicted molar refractivity (Wildman–Crippen MR) is 59.9 cm³/mol. The normalized spacial score (nSPS) is 15.1. The molecule has 0 aliphatic rings. The van der Waals surface area contributed by atoms with Crippen molar-refractivity contribution in [3.8, 4) is 0 Å². The van der Waals surface area contributed by atoms with Gasteiger partial charge in [0, 0.05) is 29.8 Å². The minimum Gasteiger partial charge on any atom is -0.388 e. The summed E-state index contributed by atoms with van der Waals surface area (Å²) in [5.74, 6) is 0. The minimum absolute atomic E-state index is 0.274. The van der Waals surface area contributed by atoms with E-state index < -0.39 is 5.60 Å². The van der Waals surface area contributed by atoms with Crippen LogP contribution in [-0.4, -0.2) is 22.2 Å². The van der Waals surface area contributed by atoms with Crippen molar-refractivity contribution in [2.75, 3.05) is 6.54 Å². The van der Waals surface area contributed by atoms with E-state index in [0.29, 0.717) is 12.8 Å². The van der Waals surface area contributed by atoms with Crippen LogP contribution in [0.2, 0.25) is 0 Å². The first-order chi connectivity index (χ1) is 6.59. The van der Waals surface area contributed by atoms with Gasteiger partial charge in [-0.1, -0.05) is 6.92 Å². The lowest BCUT2D eigenvalue weighted by molar-refractivity contribution is 0.0455. The SMILES string of the molecule is CCC(O)(CN)Cc1cncc(Br)c1. The Labute approximate surface area is 92.5 Å². The maximum absolute atomic E-state index is 10.0. The Morgan fingerprint density at radius 3 is 2.79 bits per heavy atom. The zero-order chi connectivity index (χ0) is 10.6. The summed E-state index contributed by atoms with van der Waals surface area (Å²) < 4.78 is 0.922. The Hall–Kier alpha value is -0.450. The van der Waals surface area contributed by atoms with E-state index in [9.17, 15) is 5.11 Å². The van der Waals surface area contributed by atoms with Gasteiger partial charge in [-0.05, 0) is 34.0 Å². The first kappa shape index (κ1) is 11.6. The summed E-state index contributed by atoms with van der Waals surface area (Å²) in [5.41, 5.74) is 5.71. The second-order valence-electron chi connectivity index (χ2n) is 3.47. The number of aromatic nitrogens is 1. The van der Waals surface area contributed by atoms with Gasteiger partial charge < -0.3 is 10.8 Å². The van der Waals surface area contributed by atoms with Crippen LogP contribution in [0.1, 0.15) is 18.9 Å². The predicted octanol–water partition coefficient (Wildman–Crippen LogP) is 1.49. The van der Waals surface area contributed by atoms with Crippen LogP contribution in [0.5, 0.6) is 0 Å². The molecule has 4 heteroatoms. The molecule has 14 heavy (non-hydrogen) atoms. The molecule has 1 heterocycles. The molecule has 1 aromatic heterocycles. The third kappa shape index (κ3) is 3.04. The average Bonchev–Trinajstić information content (AvgIpc) is 2.18. The summed E-state index contributed by atoms with van der Waals surface area (Å²) in [5, 5.41) is 10.0. The number of nitrogens with two attached hydrogens (primary N) is 1. The molecule has 0 aliphatic carbocycles. The van der Waals surface area contributed by atoms with Crippen LogP contribution >= 0.6 is 15.9 Å². The van der Waals surface area contributed by atoms with Crippen LogP contribution in [-0.2, 0) is 6.42 Å². The summed E-state index contributed by atoms with van der Waals surface area (Å²) >= 11 is 3.34. The number of hydrogen-bond donors (Lipinski definition) is 2. The molecule has 0 amide bonds. The summed E-state index contributed by atoms with van der Waals surface area (Å²) in [4.78, 5) is 4.04. The third-order valence-corrected chi connectivity index (χ3v) is 2.77. The molecular formula is C10H15BrN2O. The molecule has 0 saturated carbocycles. The van der Waals surface area contributed by atoms with Gasteiger partial charge in [0.1, 0.15) is 0 Å². The van der Waals surface area contributed by atoms with Gasteiger partial charge in [0.15, 0.2) is 0 Å². The first-order valence-electron chi connectivity index (χ1n) is 4.61. The lowest BCUT2D eigenvalue weighted by Gasteiger charge is -2.24. The Morgan fingerprint density at radius 1 is 1.57 bits per heavy atom. The van der Waals surface area contributed by atoms with E-state index in [1.54, 1.807) is 12.4 Å². The Bertz CT molecular complexity index is 300. The molecule has 3 N–H and O–H groups in total. The molecule has 0 saturated heterocycles. The lowest BCUT2D eigenvalue weighted by atomic mass is 9.93. The lowest BCUT2D eigenvalue weighted by Crippen LogP contribution is -2.39. The summed E-state index contributed by atoms with van der Waals surface area (Å²) in [6, 6.07) is 1.95. The monoisotopic (exact) mass is 258 g/mol. The van der Waals surface area contributed by atoms with Crippen LogP contribution < -0.4 is 5.73 Å². The molecule has 1 rings (SSSR count). The zero-order valence-corrected chi connectivity index (χ0v) is 9.79. The molecule has 1 aromatic rings. The van der Waals surface area contributed by atoms with E-state index in [-0.39, 0.29) is 6.54 Å². The topological polar surface area (TPSA) is 59.1 Å². The molecule has 0 spiro atoms.